The minimum absolute atomic E-state index is 0.433. The molecule has 6 heteroatoms. The molecule has 0 aliphatic rings. The van der Waals surface area contributed by atoms with Crippen LogP contribution in [-0.2, 0) is 13.1 Å². The summed E-state index contributed by atoms with van der Waals surface area (Å²) in [6, 6.07) is 0. The standard InChI is InChI=1S/C7H9N5S/c8-1-6-3-12(11-10-6)4-7-2-9-5-13-7/h2-3,5H,1,4,8H2. The first-order chi connectivity index (χ1) is 6.38. The molecule has 2 aromatic rings. The van der Waals surface area contributed by atoms with Gasteiger partial charge in [0.15, 0.2) is 0 Å². The third-order valence-electron chi connectivity index (χ3n) is 1.60. The van der Waals surface area contributed by atoms with Gasteiger partial charge < -0.3 is 5.73 Å². The van der Waals surface area contributed by atoms with E-state index in [0.717, 1.165) is 17.1 Å². The summed E-state index contributed by atoms with van der Waals surface area (Å²) in [5.41, 5.74) is 8.02. The zero-order chi connectivity index (χ0) is 9.10. The molecule has 0 bridgehead atoms. The summed E-state index contributed by atoms with van der Waals surface area (Å²) in [6.45, 7) is 1.15. The van der Waals surface area contributed by atoms with Crippen molar-refractivity contribution < 1.29 is 0 Å². The molecule has 0 aliphatic carbocycles. The van der Waals surface area contributed by atoms with E-state index in [9.17, 15) is 0 Å². The van der Waals surface area contributed by atoms with Gasteiger partial charge in [-0.1, -0.05) is 5.21 Å². The number of nitrogens with two attached hydrogens (primary N) is 1. The van der Waals surface area contributed by atoms with Crippen molar-refractivity contribution in [1.82, 2.24) is 20.0 Å². The average Bonchev–Trinajstić information content (AvgIpc) is 2.76. The van der Waals surface area contributed by atoms with Crippen molar-refractivity contribution in [3.05, 3.63) is 28.5 Å². The lowest BCUT2D eigenvalue weighted by Gasteiger charge is -1.93. The first-order valence-corrected chi connectivity index (χ1v) is 4.73. The minimum atomic E-state index is 0.433. The Bertz CT molecular complexity index is 366. The zero-order valence-corrected chi connectivity index (χ0v) is 7.74. The van der Waals surface area contributed by atoms with Gasteiger partial charge in [0.1, 0.15) is 0 Å². The van der Waals surface area contributed by atoms with Crippen LogP contribution < -0.4 is 5.73 Å². The molecular weight excluding hydrogens is 186 g/mol. The van der Waals surface area contributed by atoms with Gasteiger partial charge in [-0.2, -0.15) is 0 Å². The maximum atomic E-state index is 5.41. The molecule has 0 atom stereocenters. The smallest absolute Gasteiger partial charge is 0.0962 e. The summed E-state index contributed by atoms with van der Waals surface area (Å²) in [4.78, 5) is 5.14. The molecule has 0 amide bonds. The molecule has 68 valence electrons. The Morgan fingerprint density at radius 3 is 3.08 bits per heavy atom. The van der Waals surface area contributed by atoms with Crippen molar-refractivity contribution in [2.75, 3.05) is 0 Å². The van der Waals surface area contributed by atoms with Crippen molar-refractivity contribution in [2.45, 2.75) is 13.1 Å². The quantitative estimate of drug-likeness (QED) is 0.761. The molecule has 2 heterocycles. The average molecular weight is 195 g/mol. The molecule has 0 radical (unpaired) electrons. The van der Waals surface area contributed by atoms with Crippen molar-refractivity contribution >= 4 is 11.3 Å². The first-order valence-electron chi connectivity index (χ1n) is 3.85. The number of thiazole rings is 1. The van der Waals surface area contributed by atoms with Gasteiger partial charge in [-0.15, -0.1) is 16.4 Å². The Morgan fingerprint density at radius 1 is 1.54 bits per heavy atom. The Hall–Kier alpha value is -1.27. The van der Waals surface area contributed by atoms with Crippen LogP contribution in [0, 0.1) is 0 Å². The molecule has 5 nitrogen and oxygen atoms in total. The third-order valence-corrected chi connectivity index (χ3v) is 2.36. The van der Waals surface area contributed by atoms with Crippen molar-refractivity contribution in [1.29, 1.82) is 0 Å². The summed E-state index contributed by atoms with van der Waals surface area (Å²) < 4.78 is 1.76. The van der Waals surface area contributed by atoms with Gasteiger partial charge in [-0.25, -0.2) is 4.68 Å². The summed E-state index contributed by atoms with van der Waals surface area (Å²) in [5, 5.41) is 7.81. The number of rotatable bonds is 3. The molecule has 2 rings (SSSR count). The Morgan fingerprint density at radius 2 is 2.46 bits per heavy atom. The van der Waals surface area contributed by atoms with E-state index in [-0.39, 0.29) is 0 Å². The lowest BCUT2D eigenvalue weighted by molar-refractivity contribution is 0.654. The van der Waals surface area contributed by atoms with Gasteiger partial charge in [0.2, 0.25) is 0 Å². The molecule has 0 aliphatic heterocycles. The fourth-order valence-corrected chi connectivity index (χ4v) is 1.57. The highest BCUT2D eigenvalue weighted by Crippen LogP contribution is 2.06. The summed E-state index contributed by atoms with van der Waals surface area (Å²) in [6.07, 6.45) is 3.67. The highest BCUT2D eigenvalue weighted by atomic mass is 32.1. The molecule has 0 aromatic carbocycles. The van der Waals surface area contributed by atoms with Gasteiger partial charge in [0.25, 0.3) is 0 Å². The zero-order valence-electron chi connectivity index (χ0n) is 6.92. The highest BCUT2D eigenvalue weighted by molar-refractivity contribution is 7.09. The fraction of sp³-hybridized carbons (Fsp3) is 0.286. The van der Waals surface area contributed by atoms with Crippen LogP contribution in [0.3, 0.4) is 0 Å². The van der Waals surface area contributed by atoms with Crippen LogP contribution in [0.15, 0.2) is 17.9 Å². The number of nitrogens with zero attached hydrogens (tertiary/aromatic N) is 4. The second kappa shape index (κ2) is 3.63. The molecule has 13 heavy (non-hydrogen) atoms. The van der Waals surface area contributed by atoms with E-state index < -0.39 is 0 Å². The molecule has 0 saturated heterocycles. The maximum Gasteiger partial charge on any atom is 0.0962 e. The topological polar surface area (TPSA) is 69.6 Å². The molecule has 2 aromatic heterocycles. The molecule has 2 N–H and O–H groups in total. The van der Waals surface area contributed by atoms with Crippen LogP contribution in [0.4, 0.5) is 0 Å². The Kier molecular flexibility index (Phi) is 2.33. The molecule has 0 fully saturated rings. The van der Waals surface area contributed by atoms with E-state index in [0.29, 0.717) is 6.54 Å². The van der Waals surface area contributed by atoms with Crippen molar-refractivity contribution in [3.63, 3.8) is 0 Å². The van der Waals surface area contributed by atoms with Crippen LogP contribution in [0.5, 0.6) is 0 Å². The van der Waals surface area contributed by atoms with E-state index in [4.69, 9.17) is 5.73 Å². The van der Waals surface area contributed by atoms with Crippen LogP contribution in [0.1, 0.15) is 10.6 Å². The lowest BCUT2D eigenvalue weighted by Crippen LogP contribution is -1.98. The van der Waals surface area contributed by atoms with Gasteiger partial charge in [-0.05, 0) is 0 Å². The second-order valence-electron chi connectivity index (χ2n) is 2.58. The number of hydrogen-bond acceptors (Lipinski definition) is 5. The van der Waals surface area contributed by atoms with Crippen LogP contribution in [-0.4, -0.2) is 20.0 Å². The van der Waals surface area contributed by atoms with E-state index in [2.05, 4.69) is 15.3 Å². The molecular formula is C7H9N5S. The van der Waals surface area contributed by atoms with Crippen molar-refractivity contribution in [3.8, 4) is 0 Å². The molecule has 0 unspecified atom stereocenters. The van der Waals surface area contributed by atoms with E-state index in [1.807, 2.05) is 12.4 Å². The van der Waals surface area contributed by atoms with E-state index in [1.165, 1.54) is 0 Å². The molecule has 0 spiro atoms. The predicted octanol–water partition coefficient (Wildman–Crippen LogP) is 0.242. The molecule has 0 saturated carbocycles. The monoisotopic (exact) mass is 195 g/mol. The first kappa shape index (κ1) is 8.33. The van der Waals surface area contributed by atoms with Gasteiger partial charge >= 0.3 is 0 Å². The van der Waals surface area contributed by atoms with Crippen LogP contribution >= 0.6 is 11.3 Å². The normalized spacial score (nSPS) is 10.5. The van der Waals surface area contributed by atoms with Crippen molar-refractivity contribution in [2.24, 2.45) is 5.73 Å². The Labute approximate surface area is 79.2 Å². The fourth-order valence-electron chi connectivity index (χ4n) is 0.989. The second-order valence-corrected chi connectivity index (χ2v) is 3.55. The summed E-state index contributed by atoms with van der Waals surface area (Å²) in [7, 11) is 0. The van der Waals surface area contributed by atoms with Crippen LogP contribution in [0.2, 0.25) is 0 Å². The SMILES string of the molecule is NCc1cn(Cc2cncs2)nn1. The number of aromatic nitrogens is 4. The predicted molar refractivity (Wildman–Crippen MR) is 49.1 cm³/mol. The van der Waals surface area contributed by atoms with Crippen LogP contribution in [0.25, 0.3) is 0 Å². The van der Waals surface area contributed by atoms with E-state index in [1.54, 1.807) is 21.5 Å². The minimum Gasteiger partial charge on any atom is -0.325 e. The summed E-state index contributed by atoms with van der Waals surface area (Å²) >= 11 is 1.60. The maximum absolute atomic E-state index is 5.41. The largest absolute Gasteiger partial charge is 0.325 e. The summed E-state index contributed by atoms with van der Waals surface area (Å²) in [5.74, 6) is 0. The lowest BCUT2D eigenvalue weighted by atomic mass is 10.5. The highest BCUT2D eigenvalue weighted by Gasteiger charge is 2.00. The third kappa shape index (κ3) is 1.90. The van der Waals surface area contributed by atoms with Gasteiger partial charge in [0.05, 0.1) is 23.9 Å². The van der Waals surface area contributed by atoms with Gasteiger partial charge in [-0.3, -0.25) is 4.98 Å². The Balaban J connectivity index is 2.10. The number of hydrogen-bond donors (Lipinski definition) is 1. The van der Waals surface area contributed by atoms with Gasteiger partial charge in [0, 0.05) is 17.6 Å². The van der Waals surface area contributed by atoms with E-state index >= 15 is 0 Å².